The number of dihydropyridines is 1. The Bertz CT molecular complexity index is 345. The maximum absolute atomic E-state index is 8.10. The van der Waals surface area contributed by atoms with Crippen LogP contribution in [-0.2, 0) is 0 Å². The van der Waals surface area contributed by atoms with Crippen LogP contribution in [0.3, 0.4) is 0 Å². The van der Waals surface area contributed by atoms with E-state index in [1.165, 1.54) is 5.31 Å². The summed E-state index contributed by atoms with van der Waals surface area (Å²) < 4.78 is 15.7. The molecule has 2 aliphatic heterocycles. The van der Waals surface area contributed by atoms with Crippen molar-refractivity contribution in [2.45, 2.75) is 12.4 Å². The van der Waals surface area contributed by atoms with Gasteiger partial charge in [0.15, 0.2) is 1.41 Å². The maximum atomic E-state index is 8.10. The number of aliphatic imine (C=N–C) groups is 1. The highest BCUT2D eigenvalue weighted by molar-refractivity contribution is 6.05. The molecule has 1 fully saturated rings. The van der Waals surface area contributed by atoms with Crippen LogP contribution in [0.4, 0.5) is 0 Å². The summed E-state index contributed by atoms with van der Waals surface area (Å²) in [4.78, 5) is 4.28. The van der Waals surface area contributed by atoms with E-state index in [1.54, 1.807) is 12.3 Å². The van der Waals surface area contributed by atoms with Gasteiger partial charge in [0.2, 0.25) is 0 Å². The lowest BCUT2D eigenvalue weighted by atomic mass is 10.1. The van der Waals surface area contributed by atoms with Crippen molar-refractivity contribution in [1.29, 1.82) is 0 Å². The minimum atomic E-state index is -0.899. The Morgan fingerprint density at radius 2 is 2.90 bits per heavy atom. The second-order valence-electron chi connectivity index (χ2n) is 2.77. The van der Waals surface area contributed by atoms with Crippen LogP contribution in [-0.4, -0.2) is 11.7 Å². The minimum Gasteiger partial charge on any atom is -0.382 e. The zero-order chi connectivity index (χ0) is 8.34. The second-order valence-corrected chi connectivity index (χ2v) is 2.77. The van der Waals surface area contributed by atoms with Gasteiger partial charge in [-0.2, -0.15) is 0 Å². The van der Waals surface area contributed by atoms with E-state index in [-0.39, 0.29) is 5.92 Å². The first-order valence-electron chi connectivity index (χ1n) is 4.42. The quantitative estimate of drug-likeness (QED) is 0.521. The molecule has 0 saturated heterocycles. The van der Waals surface area contributed by atoms with Crippen molar-refractivity contribution in [2.24, 2.45) is 10.9 Å². The first-order chi connectivity index (χ1) is 5.73. The monoisotopic (exact) mass is 134 g/mol. The molecule has 0 aromatic carbocycles. The van der Waals surface area contributed by atoms with E-state index in [9.17, 15) is 0 Å². The predicted molar refractivity (Wildman–Crippen MR) is 39.7 cm³/mol. The molecule has 0 spiro atoms. The average Bonchev–Trinajstić information content (AvgIpc) is 2.74. The number of hydrogen-bond acceptors (Lipinski definition) is 2. The van der Waals surface area contributed by atoms with E-state index in [2.05, 4.69) is 4.99 Å². The van der Waals surface area contributed by atoms with Gasteiger partial charge < -0.3 is 5.31 Å². The molecule has 0 amide bonds. The Labute approximate surface area is 62.2 Å². The van der Waals surface area contributed by atoms with Crippen LogP contribution in [0.5, 0.6) is 0 Å². The summed E-state index contributed by atoms with van der Waals surface area (Å²) in [6, 6.07) is -0.899. The van der Waals surface area contributed by atoms with E-state index in [4.69, 9.17) is 2.78 Å². The van der Waals surface area contributed by atoms with Crippen LogP contribution in [0.2, 0.25) is 1.41 Å². The second kappa shape index (κ2) is 1.34. The van der Waals surface area contributed by atoms with Crippen molar-refractivity contribution < 1.29 is 2.78 Å². The number of nitrogens with zero attached hydrogens (tertiary/aromatic N) is 1. The molecular formula is C8H8N2. The number of nitrogens with one attached hydrogen (secondary N) is 1. The fourth-order valence-corrected chi connectivity index (χ4v) is 1.46. The average molecular weight is 134 g/mol. The van der Waals surface area contributed by atoms with Gasteiger partial charge in [-0.05, 0) is 24.8 Å². The SMILES string of the molecule is [2H]N1C=CC=C2N=C3CC3C21[2H]. The number of fused-ring (bicyclic) bond motifs is 3. The minimum absolute atomic E-state index is 0.186. The summed E-state index contributed by atoms with van der Waals surface area (Å²) in [5, 5.41) is 1.20. The molecule has 1 saturated carbocycles. The van der Waals surface area contributed by atoms with Gasteiger partial charge in [-0.1, -0.05) is 0 Å². The fraction of sp³-hybridized carbons (Fsp3) is 0.375. The zero-order valence-electron chi connectivity index (χ0n) is 7.41. The standard InChI is InChI=1S/C8H8N2/c1-2-6-8(9-3-1)5-4-7(5)10-6/h1-3,5,8-9H,4H2/i8D/hD. The molecule has 2 atom stereocenters. The van der Waals surface area contributed by atoms with Gasteiger partial charge in [0.1, 0.15) is 0 Å². The molecule has 2 heterocycles. The summed E-state index contributed by atoms with van der Waals surface area (Å²) in [6.07, 6.45) is 6.12. The summed E-state index contributed by atoms with van der Waals surface area (Å²) in [7, 11) is 0. The van der Waals surface area contributed by atoms with Crippen LogP contribution in [0.1, 0.15) is 7.79 Å². The molecule has 3 aliphatic rings. The van der Waals surface area contributed by atoms with E-state index < -0.39 is 6.02 Å². The number of allylic oxidation sites excluding steroid dienone is 2. The lowest BCUT2D eigenvalue weighted by Crippen LogP contribution is -2.27. The third-order valence-electron chi connectivity index (χ3n) is 2.07. The highest BCUT2D eigenvalue weighted by atomic mass is 15.0. The lowest BCUT2D eigenvalue weighted by Gasteiger charge is -2.15. The van der Waals surface area contributed by atoms with Gasteiger partial charge in [0, 0.05) is 11.6 Å². The number of hydrogen-bond donors (Lipinski definition) is 1. The van der Waals surface area contributed by atoms with Crippen molar-refractivity contribution in [3.05, 3.63) is 24.0 Å². The largest absolute Gasteiger partial charge is 0.382 e. The molecule has 1 N–H and O–H groups in total. The Hall–Kier alpha value is -1.05. The molecule has 2 heteroatoms. The third-order valence-corrected chi connectivity index (χ3v) is 2.07. The summed E-state index contributed by atoms with van der Waals surface area (Å²) in [5.41, 5.74) is 1.82. The summed E-state index contributed by atoms with van der Waals surface area (Å²) >= 11 is 0. The molecule has 1 aliphatic carbocycles. The number of rotatable bonds is 0. The molecule has 0 bridgehead atoms. The Kier molecular flexibility index (Phi) is 0.451. The predicted octanol–water partition coefficient (Wildman–Crippen LogP) is 0.830. The Balaban J connectivity index is 2.16. The summed E-state index contributed by atoms with van der Waals surface area (Å²) in [6.45, 7) is 0. The van der Waals surface area contributed by atoms with Crippen molar-refractivity contribution in [1.82, 2.24) is 5.31 Å². The molecule has 2 nitrogen and oxygen atoms in total. The first kappa shape index (κ1) is 3.37. The van der Waals surface area contributed by atoms with Crippen molar-refractivity contribution in [3.63, 3.8) is 0 Å². The smallest absolute Gasteiger partial charge is 0.160 e. The van der Waals surface area contributed by atoms with Gasteiger partial charge >= 0.3 is 0 Å². The van der Waals surface area contributed by atoms with Crippen molar-refractivity contribution in [3.8, 4) is 0 Å². The van der Waals surface area contributed by atoms with Gasteiger partial charge in [-0.3, -0.25) is 4.99 Å². The Morgan fingerprint density at radius 1 is 1.90 bits per heavy atom. The highest BCUT2D eigenvalue weighted by Gasteiger charge is 2.46. The molecule has 0 radical (unpaired) electrons. The van der Waals surface area contributed by atoms with Gasteiger partial charge in [0.05, 0.1) is 13.1 Å². The molecule has 0 aromatic heterocycles. The Morgan fingerprint density at radius 3 is 3.80 bits per heavy atom. The molecule has 2 unspecified atom stereocenters. The van der Waals surface area contributed by atoms with E-state index >= 15 is 0 Å². The third kappa shape index (κ3) is 0.429. The normalized spacial score (nSPS) is 50.4. The van der Waals surface area contributed by atoms with Crippen LogP contribution in [0.25, 0.3) is 0 Å². The van der Waals surface area contributed by atoms with Gasteiger partial charge in [0.25, 0.3) is 0 Å². The van der Waals surface area contributed by atoms with E-state index in [1.807, 2.05) is 6.08 Å². The van der Waals surface area contributed by atoms with Crippen LogP contribution < -0.4 is 5.31 Å². The first-order valence-corrected chi connectivity index (χ1v) is 3.47. The molecule has 3 rings (SSSR count). The van der Waals surface area contributed by atoms with E-state index in [0.717, 1.165) is 17.8 Å². The topological polar surface area (TPSA) is 24.4 Å². The van der Waals surface area contributed by atoms with Crippen LogP contribution in [0.15, 0.2) is 29.0 Å². The lowest BCUT2D eigenvalue weighted by molar-refractivity contribution is 0.617. The molecule has 0 aromatic rings. The van der Waals surface area contributed by atoms with Crippen LogP contribution >= 0.6 is 0 Å². The molecular weight excluding hydrogens is 124 g/mol. The van der Waals surface area contributed by atoms with Gasteiger partial charge in [-0.15, -0.1) is 0 Å². The zero-order valence-corrected chi connectivity index (χ0v) is 5.41. The van der Waals surface area contributed by atoms with Crippen molar-refractivity contribution >= 4 is 5.71 Å². The fourth-order valence-electron chi connectivity index (χ4n) is 1.46. The highest BCUT2D eigenvalue weighted by Crippen LogP contribution is 2.41. The van der Waals surface area contributed by atoms with Crippen molar-refractivity contribution in [2.75, 3.05) is 0 Å². The molecule has 10 heavy (non-hydrogen) atoms. The maximum Gasteiger partial charge on any atom is 0.160 e. The van der Waals surface area contributed by atoms with E-state index in [0.29, 0.717) is 0 Å². The van der Waals surface area contributed by atoms with Gasteiger partial charge in [-0.25, -0.2) is 0 Å². The van der Waals surface area contributed by atoms with Crippen LogP contribution in [0, 0.1) is 5.92 Å². The molecule has 50 valence electrons. The summed E-state index contributed by atoms with van der Waals surface area (Å²) in [5.74, 6) is 0.186.